The molecule has 0 saturated heterocycles. The molecule has 4 aromatic rings. The van der Waals surface area contributed by atoms with E-state index in [4.69, 9.17) is 9.72 Å². The molecule has 6 rings (SSSR count). The van der Waals surface area contributed by atoms with Crippen LogP contribution in [0.5, 0.6) is 5.75 Å². The van der Waals surface area contributed by atoms with E-state index in [1.54, 1.807) is 0 Å². The number of ether oxygens (including phenoxy) is 1. The number of hydrogen-bond donors (Lipinski definition) is 2. The second-order valence-corrected chi connectivity index (χ2v) is 10.1. The number of imidazole rings is 2. The van der Waals surface area contributed by atoms with Gasteiger partial charge < -0.3 is 14.7 Å². The third kappa shape index (κ3) is 4.55. The third-order valence-corrected chi connectivity index (χ3v) is 7.57. The van der Waals surface area contributed by atoms with Crippen LogP contribution >= 0.6 is 0 Å². The number of nitrogens with zero attached hydrogens (tertiary/aromatic N) is 2. The quantitative estimate of drug-likeness (QED) is 0.263. The molecule has 0 amide bonds. The number of benzene rings is 2. The van der Waals surface area contributed by atoms with Gasteiger partial charge in [0.2, 0.25) is 0 Å². The molecule has 2 N–H and O–H groups in total. The lowest BCUT2D eigenvalue weighted by molar-refractivity contribution is 0.302. The van der Waals surface area contributed by atoms with Gasteiger partial charge >= 0.3 is 0 Å². The maximum Gasteiger partial charge on any atom is 0.128 e. The largest absolute Gasteiger partial charge is 0.488 e. The van der Waals surface area contributed by atoms with Crippen LogP contribution < -0.4 is 4.74 Å². The van der Waals surface area contributed by atoms with Crippen LogP contribution in [0.2, 0.25) is 0 Å². The first kappa shape index (κ1) is 23.5. The lowest BCUT2D eigenvalue weighted by atomic mass is 9.86. The zero-order valence-corrected chi connectivity index (χ0v) is 21.9. The number of allylic oxidation sites excluding steroid dienone is 4. The van der Waals surface area contributed by atoms with Crippen molar-refractivity contribution in [1.29, 1.82) is 0 Å². The highest BCUT2D eigenvalue weighted by atomic mass is 16.5. The van der Waals surface area contributed by atoms with E-state index >= 15 is 0 Å². The molecule has 0 atom stereocenters. The number of aryl methyl sites for hydroxylation is 2. The Hall–Kier alpha value is -3.86. The summed E-state index contributed by atoms with van der Waals surface area (Å²) in [6.45, 7) is 7.09. The second kappa shape index (κ2) is 9.89. The van der Waals surface area contributed by atoms with Crippen LogP contribution in [0, 0.1) is 0 Å². The van der Waals surface area contributed by atoms with E-state index in [1.165, 1.54) is 39.1 Å². The van der Waals surface area contributed by atoms with Gasteiger partial charge in [-0.1, -0.05) is 49.8 Å². The van der Waals surface area contributed by atoms with Crippen molar-refractivity contribution >= 4 is 0 Å². The van der Waals surface area contributed by atoms with Crippen molar-refractivity contribution in [3.05, 3.63) is 88.8 Å². The van der Waals surface area contributed by atoms with E-state index in [-0.39, 0.29) is 0 Å². The molecular formula is C32H34N4O. The van der Waals surface area contributed by atoms with Gasteiger partial charge in [-0.2, -0.15) is 0 Å². The highest BCUT2D eigenvalue weighted by molar-refractivity contribution is 5.83. The molecule has 5 heteroatoms. The van der Waals surface area contributed by atoms with Crippen molar-refractivity contribution in [2.24, 2.45) is 0 Å². The average molecular weight is 491 g/mol. The molecule has 0 saturated carbocycles. The van der Waals surface area contributed by atoms with E-state index in [2.05, 4.69) is 84.3 Å². The minimum Gasteiger partial charge on any atom is -0.488 e. The van der Waals surface area contributed by atoms with E-state index in [9.17, 15) is 0 Å². The number of hydrogen-bond acceptors (Lipinski definition) is 3. The molecule has 0 spiro atoms. The first-order chi connectivity index (χ1) is 18.1. The summed E-state index contributed by atoms with van der Waals surface area (Å²) in [6, 6.07) is 11.2. The van der Waals surface area contributed by atoms with Crippen molar-refractivity contribution in [2.45, 2.75) is 65.9 Å². The second-order valence-electron chi connectivity index (χ2n) is 10.1. The van der Waals surface area contributed by atoms with Gasteiger partial charge in [0.05, 0.1) is 23.3 Å². The van der Waals surface area contributed by atoms with Crippen LogP contribution in [-0.4, -0.2) is 19.9 Å². The van der Waals surface area contributed by atoms with E-state index in [0.29, 0.717) is 6.61 Å². The fraction of sp³-hybridized carbons (Fsp3) is 0.312. The van der Waals surface area contributed by atoms with Gasteiger partial charge in [-0.15, -0.1) is 0 Å². The normalized spacial score (nSPS) is 14.2. The summed E-state index contributed by atoms with van der Waals surface area (Å²) in [5.41, 5.74) is 12.2. The highest BCUT2D eigenvalue weighted by Gasteiger charge is 2.26. The summed E-state index contributed by atoms with van der Waals surface area (Å²) < 4.78 is 6.31. The van der Waals surface area contributed by atoms with E-state index in [1.807, 2.05) is 6.20 Å². The summed E-state index contributed by atoms with van der Waals surface area (Å²) in [5, 5.41) is 0. The van der Waals surface area contributed by atoms with E-state index < -0.39 is 0 Å². The summed E-state index contributed by atoms with van der Waals surface area (Å²) >= 11 is 0. The number of nitrogens with one attached hydrogen (secondary N) is 2. The van der Waals surface area contributed by atoms with Crippen molar-refractivity contribution in [3.8, 4) is 39.4 Å². The zero-order chi connectivity index (χ0) is 25.4. The van der Waals surface area contributed by atoms with E-state index in [0.717, 1.165) is 72.9 Å². The monoisotopic (exact) mass is 490 g/mol. The molecule has 2 aromatic heterocycles. The third-order valence-electron chi connectivity index (χ3n) is 7.57. The molecule has 2 aromatic carbocycles. The number of fused-ring (bicyclic) bond motifs is 6. The summed E-state index contributed by atoms with van der Waals surface area (Å²) in [5.74, 6) is 2.99. The molecule has 0 fully saturated rings. The molecular weight excluding hydrogens is 456 g/mol. The Morgan fingerprint density at radius 2 is 1.86 bits per heavy atom. The maximum absolute atomic E-state index is 6.31. The Labute approximate surface area is 218 Å². The van der Waals surface area contributed by atoms with Crippen LogP contribution in [0.1, 0.15) is 62.1 Å². The smallest absolute Gasteiger partial charge is 0.128 e. The molecule has 0 radical (unpaired) electrons. The first-order valence-electron chi connectivity index (χ1n) is 13.5. The predicted molar refractivity (Wildman–Crippen MR) is 150 cm³/mol. The number of rotatable bonds is 7. The fourth-order valence-electron chi connectivity index (χ4n) is 5.30. The van der Waals surface area contributed by atoms with Crippen LogP contribution in [-0.2, 0) is 32.3 Å². The van der Waals surface area contributed by atoms with Gasteiger partial charge in [0, 0.05) is 24.0 Å². The van der Waals surface area contributed by atoms with Gasteiger partial charge in [0.15, 0.2) is 0 Å². The Kier molecular flexibility index (Phi) is 6.29. The number of aromatic amines is 2. The Balaban J connectivity index is 1.29. The molecule has 37 heavy (non-hydrogen) atoms. The summed E-state index contributed by atoms with van der Waals surface area (Å²) in [6.07, 6.45) is 14.3. The SMILES string of the molecule is CCC=CCc1ncc(-c2ccc3c(c2)COc2cc4c(cc2-3)CCc2nc(CC=C(C)CC)[nH]c2-4)[nH]1. The lowest BCUT2D eigenvalue weighted by Gasteiger charge is -2.25. The Morgan fingerprint density at radius 3 is 2.73 bits per heavy atom. The predicted octanol–water partition coefficient (Wildman–Crippen LogP) is 7.53. The molecule has 3 heterocycles. The standard InChI is InChI=1S/C32H34N4O/c1-4-6-7-8-30-33-18-28(35-30)22-10-12-24-23(15-22)19-37-29-17-25-21(16-26(24)29)11-13-27-32(25)36-31(34-27)14-9-20(3)5-2/h6-7,9-10,12,15-18H,4-5,8,11,13-14,19H2,1-3H3,(H,33,35)(H,34,36). The van der Waals surface area contributed by atoms with Crippen LogP contribution in [0.4, 0.5) is 0 Å². The zero-order valence-electron chi connectivity index (χ0n) is 21.9. The minimum atomic E-state index is 0.567. The van der Waals surface area contributed by atoms with Crippen LogP contribution in [0.3, 0.4) is 0 Å². The van der Waals surface area contributed by atoms with Gasteiger partial charge in [-0.3, -0.25) is 0 Å². The average Bonchev–Trinajstić information content (AvgIpc) is 3.58. The topological polar surface area (TPSA) is 66.6 Å². The Bertz CT molecular complexity index is 1520. The lowest BCUT2D eigenvalue weighted by Crippen LogP contribution is -2.09. The number of aromatic nitrogens is 4. The highest BCUT2D eigenvalue weighted by Crippen LogP contribution is 2.44. The van der Waals surface area contributed by atoms with Crippen molar-refractivity contribution in [1.82, 2.24) is 19.9 Å². The molecule has 5 nitrogen and oxygen atoms in total. The fourth-order valence-corrected chi connectivity index (χ4v) is 5.30. The van der Waals surface area contributed by atoms with Crippen molar-refractivity contribution in [2.75, 3.05) is 0 Å². The van der Waals surface area contributed by atoms with Gasteiger partial charge in [0.25, 0.3) is 0 Å². The molecule has 188 valence electrons. The van der Waals surface area contributed by atoms with Crippen LogP contribution in [0.15, 0.2) is 60.3 Å². The molecule has 0 bridgehead atoms. The summed E-state index contributed by atoms with van der Waals surface area (Å²) in [4.78, 5) is 16.6. The maximum atomic E-state index is 6.31. The molecule has 2 aliphatic rings. The summed E-state index contributed by atoms with van der Waals surface area (Å²) in [7, 11) is 0. The van der Waals surface area contributed by atoms with Gasteiger partial charge in [0.1, 0.15) is 24.0 Å². The minimum absolute atomic E-state index is 0.567. The Morgan fingerprint density at radius 1 is 0.946 bits per heavy atom. The van der Waals surface area contributed by atoms with Gasteiger partial charge in [-0.25, -0.2) is 9.97 Å². The molecule has 1 aliphatic heterocycles. The first-order valence-corrected chi connectivity index (χ1v) is 13.5. The van der Waals surface area contributed by atoms with Crippen molar-refractivity contribution < 1.29 is 4.74 Å². The number of H-pyrrole nitrogens is 2. The van der Waals surface area contributed by atoms with Crippen LogP contribution in [0.25, 0.3) is 33.6 Å². The molecule has 0 unspecified atom stereocenters. The van der Waals surface area contributed by atoms with Gasteiger partial charge in [-0.05, 0) is 73.1 Å². The van der Waals surface area contributed by atoms with Crippen molar-refractivity contribution in [3.63, 3.8) is 0 Å². The molecule has 1 aliphatic carbocycles.